The van der Waals surface area contributed by atoms with Gasteiger partial charge in [0.15, 0.2) is 0 Å². The molecule has 0 bridgehead atoms. The van der Waals surface area contributed by atoms with E-state index in [2.05, 4.69) is 29.0 Å². The van der Waals surface area contributed by atoms with E-state index in [1.54, 1.807) is 29.1 Å². The molecular weight excluding hydrogens is 340 g/mol. The van der Waals surface area contributed by atoms with Gasteiger partial charge in [-0.05, 0) is 37.1 Å². The maximum atomic E-state index is 12.1. The van der Waals surface area contributed by atoms with E-state index in [4.69, 9.17) is 0 Å². The average Bonchev–Trinajstić information content (AvgIpc) is 2.99. The molecule has 0 aliphatic heterocycles. The van der Waals surface area contributed by atoms with Gasteiger partial charge in [0.25, 0.3) is 0 Å². The van der Waals surface area contributed by atoms with Crippen LogP contribution in [0.25, 0.3) is 0 Å². The number of benzene rings is 1. The molecule has 2 aromatic rings. The smallest absolute Gasteiger partial charge is 0.240 e. The number of nitrogens with one attached hydrogen (secondary N) is 2. The number of anilines is 1. The van der Waals surface area contributed by atoms with E-state index in [0.717, 1.165) is 12.1 Å². The fourth-order valence-electron chi connectivity index (χ4n) is 2.35. The van der Waals surface area contributed by atoms with Crippen LogP contribution in [-0.2, 0) is 27.8 Å². The lowest BCUT2D eigenvalue weighted by molar-refractivity contribution is -0.116. The van der Waals surface area contributed by atoms with Crippen molar-refractivity contribution in [2.24, 2.45) is 5.92 Å². The molecule has 1 aromatic carbocycles. The van der Waals surface area contributed by atoms with Crippen LogP contribution in [0.1, 0.15) is 25.8 Å². The third kappa shape index (κ3) is 5.40. The van der Waals surface area contributed by atoms with Crippen LogP contribution in [0.15, 0.2) is 41.4 Å². The number of aromatic nitrogens is 2. The van der Waals surface area contributed by atoms with Gasteiger partial charge in [-0.3, -0.25) is 4.79 Å². The lowest BCUT2D eigenvalue weighted by atomic mass is 10.1. The van der Waals surface area contributed by atoms with Crippen molar-refractivity contribution in [1.82, 2.24) is 14.5 Å². The van der Waals surface area contributed by atoms with Crippen LogP contribution in [0.3, 0.4) is 0 Å². The number of rotatable bonds is 8. The van der Waals surface area contributed by atoms with Gasteiger partial charge < -0.3 is 5.32 Å². The van der Waals surface area contributed by atoms with Crippen molar-refractivity contribution in [2.45, 2.75) is 38.1 Å². The fraction of sp³-hybridized carbons (Fsp3) is 0.412. The molecule has 0 atom stereocenters. The summed E-state index contributed by atoms with van der Waals surface area (Å²) in [6, 6.07) is 8.30. The molecule has 25 heavy (non-hydrogen) atoms. The molecule has 1 aromatic heterocycles. The number of nitrogens with zero attached hydrogens (tertiary/aromatic N) is 2. The van der Waals surface area contributed by atoms with Gasteiger partial charge in [-0.15, -0.1) is 0 Å². The molecule has 1 heterocycles. The van der Waals surface area contributed by atoms with Crippen molar-refractivity contribution < 1.29 is 13.2 Å². The molecule has 0 unspecified atom stereocenters. The summed E-state index contributed by atoms with van der Waals surface area (Å²) < 4.78 is 27.4. The minimum atomic E-state index is -3.43. The van der Waals surface area contributed by atoms with Crippen LogP contribution in [0.5, 0.6) is 0 Å². The average molecular weight is 364 g/mol. The van der Waals surface area contributed by atoms with Crippen LogP contribution >= 0.6 is 0 Å². The van der Waals surface area contributed by atoms with Crippen LogP contribution in [-0.4, -0.2) is 31.2 Å². The topological polar surface area (TPSA) is 93.1 Å². The van der Waals surface area contributed by atoms with Crippen LogP contribution in [0.4, 0.5) is 5.82 Å². The second-order valence-electron chi connectivity index (χ2n) is 6.19. The van der Waals surface area contributed by atoms with E-state index in [9.17, 15) is 13.2 Å². The number of carbonyl (C=O) groups is 1. The molecule has 1 amide bonds. The Morgan fingerprint density at radius 1 is 1.20 bits per heavy atom. The third-order valence-corrected chi connectivity index (χ3v) is 5.10. The fourth-order valence-corrected chi connectivity index (χ4v) is 3.08. The lowest BCUT2D eigenvalue weighted by Gasteiger charge is -2.11. The van der Waals surface area contributed by atoms with E-state index in [1.807, 2.05) is 0 Å². The third-order valence-electron chi connectivity index (χ3n) is 3.67. The predicted octanol–water partition coefficient (Wildman–Crippen LogP) is 2.02. The molecule has 2 rings (SSSR count). The van der Waals surface area contributed by atoms with Gasteiger partial charge in [0.2, 0.25) is 15.9 Å². The summed E-state index contributed by atoms with van der Waals surface area (Å²) in [5, 5.41) is 7.07. The van der Waals surface area contributed by atoms with Crippen molar-refractivity contribution >= 4 is 21.7 Å². The molecule has 7 nitrogen and oxygen atoms in total. The van der Waals surface area contributed by atoms with Crippen molar-refractivity contribution in [3.8, 4) is 0 Å². The van der Waals surface area contributed by atoms with E-state index < -0.39 is 10.0 Å². The number of aryl methyl sites for hydroxylation is 1. The Balaban J connectivity index is 1.91. The number of sulfonamides is 1. The first-order valence-electron chi connectivity index (χ1n) is 8.16. The summed E-state index contributed by atoms with van der Waals surface area (Å²) in [6.07, 6.45) is 2.51. The highest BCUT2D eigenvalue weighted by atomic mass is 32.2. The van der Waals surface area contributed by atoms with Gasteiger partial charge in [0, 0.05) is 19.0 Å². The number of hydrogen-bond donors (Lipinski definition) is 2. The molecular formula is C17H24N4O3S. The molecule has 0 aliphatic rings. The van der Waals surface area contributed by atoms with Crippen molar-refractivity contribution in [3.63, 3.8) is 0 Å². The molecule has 136 valence electrons. The molecule has 0 radical (unpaired) electrons. The second-order valence-corrected chi connectivity index (χ2v) is 8.08. The molecule has 0 spiro atoms. The van der Waals surface area contributed by atoms with Crippen LogP contribution < -0.4 is 10.0 Å². The Bertz CT molecular complexity index is 811. The molecule has 8 heteroatoms. The molecule has 0 saturated carbocycles. The SMILES string of the molecule is CNS(=O)(=O)c1ccc(CCC(=O)Nc2ccnn2CC(C)C)cc1. The quantitative estimate of drug-likeness (QED) is 0.749. The number of hydrogen-bond acceptors (Lipinski definition) is 4. The first kappa shape index (κ1) is 19.1. The van der Waals surface area contributed by atoms with E-state index >= 15 is 0 Å². The normalized spacial score (nSPS) is 11.7. The van der Waals surface area contributed by atoms with Gasteiger partial charge in [0.05, 0.1) is 11.1 Å². The minimum Gasteiger partial charge on any atom is -0.311 e. The highest BCUT2D eigenvalue weighted by Gasteiger charge is 2.12. The maximum Gasteiger partial charge on any atom is 0.240 e. The van der Waals surface area contributed by atoms with E-state index in [0.29, 0.717) is 24.6 Å². The summed E-state index contributed by atoms with van der Waals surface area (Å²) >= 11 is 0. The Kier molecular flexibility index (Phi) is 6.33. The minimum absolute atomic E-state index is 0.0996. The Morgan fingerprint density at radius 3 is 2.48 bits per heavy atom. The van der Waals surface area contributed by atoms with Crippen molar-refractivity contribution in [2.75, 3.05) is 12.4 Å². The van der Waals surface area contributed by atoms with Crippen LogP contribution in [0.2, 0.25) is 0 Å². The van der Waals surface area contributed by atoms with Crippen molar-refractivity contribution in [3.05, 3.63) is 42.1 Å². The summed E-state index contributed by atoms with van der Waals surface area (Å²) in [7, 11) is -2.06. The Morgan fingerprint density at radius 2 is 1.88 bits per heavy atom. The Hall–Kier alpha value is -2.19. The van der Waals surface area contributed by atoms with Crippen molar-refractivity contribution in [1.29, 1.82) is 0 Å². The zero-order chi connectivity index (χ0) is 18.4. The standard InChI is InChI=1S/C17H24N4O3S/c1-13(2)12-21-16(10-11-19-21)20-17(22)9-6-14-4-7-15(8-5-14)25(23,24)18-3/h4-5,7-8,10-11,13,18H,6,9,12H2,1-3H3,(H,20,22). The highest BCUT2D eigenvalue weighted by Crippen LogP contribution is 2.13. The van der Waals surface area contributed by atoms with E-state index in [1.165, 1.54) is 19.2 Å². The molecule has 0 fully saturated rings. The summed E-state index contributed by atoms with van der Waals surface area (Å²) in [6.45, 7) is 4.92. The molecule has 2 N–H and O–H groups in total. The highest BCUT2D eigenvalue weighted by molar-refractivity contribution is 7.89. The number of carbonyl (C=O) groups excluding carboxylic acids is 1. The van der Waals surface area contributed by atoms with Gasteiger partial charge in [0.1, 0.15) is 5.82 Å². The predicted molar refractivity (Wildman–Crippen MR) is 96.7 cm³/mol. The maximum absolute atomic E-state index is 12.1. The Labute approximate surface area is 148 Å². The number of amides is 1. The summed E-state index contributed by atoms with van der Waals surface area (Å²) in [4.78, 5) is 12.3. The van der Waals surface area contributed by atoms with Gasteiger partial charge >= 0.3 is 0 Å². The van der Waals surface area contributed by atoms with Gasteiger partial charge in [-0.2, -0.15) is 5.10 Å². The second kappa shape index (κ2) is 8.26. The zero-order valence-electron chi connectivity index (χ0n) is 14.7. The first-order chi connectivity index (χ1) is 11.8. The zero-order valence-corrected chi connectivity index (χ0v) is 15.5. The molecule has 0 aliphatic carbocycles. The van der Waals surface area contributed by atoms with E-state index in [-0.39, 0.29) is 10.8 Å². The van der Waals surface area contributed by atoms with Gasteiger partial charge in [-0.25, -0.2) is 17.8 Å². The first-order valence-corrected chi connectivity index (χ1v) is 9.64. The monoisotopic (exact) mass is 364 g/mol. The van der Waals surface area contributed by atoms with Gasteiger partial charge in [-0.1, -0.05) is 26.0 Å². The largest absolute Gasteiger partial charge is 0.311 e. The lowest BCUT2D eigenvalue weighted by Crippen LogP contribution is -2.18. The van der Waals surface area contributed by atoms with Crippen LogP contribution in [0, 0.1) is 5.92 Å². The summed E-state index contributed by atoms with van der Waals surface area (Å²) in [5.74, 6) is 1.02. The summed E-state index contributed by atoms with van der Waals surface area (Å²) in [5.41, 5.74) is 0.904. The molecule has 0 saturated heterocycles.